The van der Waals surface area contributed by atoms with Gasteiger partial charge in [-0.3, -0.25) is 24.2 Å². The molecule has 4 amide bonds. The summed E-state index contributed by atoms with van der Waals surface area (Å²) in [6.07, 6.45) is -0.159. The normalized spacial score (nSPS) is 13.8. The Morgan fingerprint density at radius 3 is 2.04 bits per heavy atom. The molecule has 0 aliphatic carbocycles. The molecule has 1 heterocycles. The van der Waals surface area contributed by atoms with Gasteiger partial charge in [0.2, 0.25) is 11.8 Å². The van der Waals surface area contributed by atoms with Crippen LogP contribution in [-0.2, 0) is 41.6 Å². The first-order chi connectivity index (χ1) is 23.4. The molecule has 15 heteroatoms. The first-order valence-corrected chi connectivity index (χ1v) is 16.2. The van der Waals surface area contributed by atoms with Gasteiger partial charge in [0.15, 0.2) is 0 Å². The lowest BCUT2D eigenvalue weighted by atomic mass is 10.00. The van der Waals surface area contributed by atoms with Gasteiger partial charge in [-0.2, -0.15) is 0 Å². The maximum atomic E-state index is 13.8. The van der Waals surface area contributed by atoms with Crippen molar-refractivity contribution in [1.29, 1.82) is 0 Å². The van der Waals surface area contributed by atoms with Gasteiger partial charge in [0.25, 0.3) is 5.91 Å². The molecule has 4 atom stereocenters. The number of aliphatic carboxylic acids is 2. The molecule has 0 bridgehead atoms. The van der Waals surface area contributed by atoms with Gasteiger partial charge in [-0.05, 0) is 50.3 Å². The van der Waals surface area contributed by atoms with Gasteiger partial charge >= 0.3 is 18.0 Å². The summed E-state index contributed by atoms with van der Waals surface area (Å²) in [5, 5.41) is 28.2. The summed E-state index contributed by atoms with van der Waals surface area (Å²) in [5.41, 5.74) is 1.21. The van der Waals surface area contributed by atoms with Crippen LogP contribution in [0, 0.1) is 5.92 Å². The van der Waals surface area contributed by atoms with Crippen LogP contribution in [0.25, 0.3) is 10.9 Å². The monoisotopic (exact) mass is 694 g/mol. The molecule has 270 valence electrons. The van der Waals surface area contributed by atoms with Crippen LogP contribution < -0.4 is 21.8 Å². The van der Waals surface area contributed by atoms with E-state index in [1.165, 1.54) is 0 Å². The predicted molar refractivity (Wildman–Crippen MR) is 183 cm³/mol. The van der Waals surface area contributed by atoms with Gasteiger partial charge in [0, 0.05) is 29.9 Å². The van der Waals surface area contributed by atoms with E-state index in [1.54, 1.807) is 71.1 Å². The Hall–Kier alpha value is -5.44. The zero-order valence-corrected chi connectivity index (χ0v) is 28.8. The number of carboxylic acids is 2. The van der Waals surface area contributed by atoms with E-state index >= 15 is 0 Å². The van der Waals surface area contributed by atoms with Crippen LogP contribution in [0.5, 0.6) is 0 Å². The smallest absolute Gasteiger partial charge is 0.408 e. The van der Waals surface area contributed by atoms with Crippen LogP contribution in [0.3, 0.4) is 0 Å². The van der Waals surface area contributed by atoms with E-state index in [-0.39, 0.29) is 25.2 Å². The molecule has 0 unspecified atom stereocenters. The number of nitrogens with one attached hydrogen (secondary N) is 4. The third-order valence-corrected chi connectivity index (χ3v) is 7.59. The molecule has 0 aliphatic rings. The van der Waals surface area contributed by atoms with E-state index in [2.05, 4.69) is 20.9 Å². The molecule has 0 fully saturated rings. The molecular formula is C35H46N6O9. The van der Waals surface area contributed by atoms with Gasteiger partial charge in [-0.25, -0.2) is 15.4 Å². The Morgan fingerprint density at radius 2 is 1.44 bits per heavy atom. The van der Waals surface area contributed by atoms with Crippen molar-refractivity contribution in [3.8, 4) is 0 Å². The summed E-state index contributed by atoms with van der Waals surface area (Å²) in [6.45, 7) is 8.58. The zero-order chi connectivity index (χ0) is 37.2. The van der Waals surface area contributed by atoms with Gasteiger partial charge in [-0.15, -0.1) is 0 Å². The number of hydrazine groups is 1. The molecule has 0 saturated carbocycles. The second-order valence-corrected chi connectivity index (χ2v) is 13.4. The second kappa shape index (κ2) is 17.3. The average molecular weight is 695 g/mol. The Labute approximate surface area is 289 Å². The molecule has 1 aromatic heterocycles. The number of benzene rings is 2. The summed E-state index contributed by atoms with van der Waals surface area (Å²) in [6, 6.07) is 9.93. The molecule has 0 saturated heterocycles. The summed E-state index contributed by atoms with van der Waals surface area (Å²) < 4.78 is 5.39. The fourth-order valence-corrected chi connectivity index (χ4v) is 5.28. The van der Waals surface area contributed by atoms with Crippen molar-refractivity contribution in [3.63, 3.8) is 0 Å². The first-order valence-electron chi connectivity index (χ1n) is 16.2. The molecule has 0 spiro atoms. The Morgan fingerprint density at radius 1 is 0.840 bits per heavy atom. The van der Waals surface area contributed by atoms with Crippen LogP contribution in [0.2, 0.25) is 0 Å². The number of para-hydroxylation sites is 1. The van der Waals surface area contributed by atoms with Gasteiger partial charge in [-0.1, -0.05) is 62.4 Å². The van der Waals surface area contributed by atoms with E-state index in [0.717, 1.165) is 10.9 Å². The number of amides is 4. The quantitative estimate of drug-likeness (QED) is 0.0657. The number of aromatic amines is 1. The lowest BCUT2D eigenvalue weighted by Crippen LogP contribution is -2.61. The second-order valence-electron chi connectivity index (χ2n) is 13.4. The highest BCUT2D eigenvalue weighted by molar-refractivity contribution is 5.96. The van der Waals surface area contributed by atoms with Crippen molar-refractivity contribution in [2.45, 2.75) is 90.1 Å². The van der Waals surface area contributed by atoms with E-state index in [1.807, 2.05) is 24.3 Å². The van der Waals surface area contributed by atoms with Crippen LogP contribution in [-0.4, -0.2) is 85.7 Å². The Balaban J connectivity index is 1.86. The van der Waals surface area contributed by atoms with Gasteiger partial charge < -0.3 is 35.9 Å². The molecule has 3 aromatic rings. The summed E-state index contributed by atoms with van der Waals surface area (Å²) in [7, 11) is 0. The minimum absolute atomic E-state index is 0.0192. The van der Waals surface area contributed by atoms with E-state index in [4.69, 9.17) is 10.6 Å². The molecular weight excluding hydrogens is 648 g/mol. The largest absolute Gasteiger partial charge is 0.481 e. The SMILES string of the molecule is CC(C)C[C@H](NC(=O)[C@H](Cc1c[nH]c2ccccc12)NC(=O)OC(C)(C)C)C(=O)N[C@@H](CC(=O)O)C(=O)N(N)[C@@H](Cc1ccccc1)C(=O)O. The highest BCUT2D eigenvalue weighted by atomic mass is 16.6. The van der Waals surface area contributed by atoms with Gasteiger partial charge in [0.1, 0.15) is 29.8 Å². The minimum atomic E-state index is -1.77. The maximum Gasteiger partial charge on any atom is 0.408 e. The number of aromatic nitrogens is 1. The van der Waals surface area contributed by atoms with E-state index < -0.39 is 71.9 Å². The molecule has 8 N–H and O–H groups in total. The van der Waals surface area contributed by atoms with Crippen molar-refractivity contribution >= 4 is 46.7 Å². The first kappa shape index (κ1) is 39.0. The lowest BCUT2D eigenvalue weighted by Gasteiger charge is -2.30. The van der Waals surface area contributed by atoms with Crippen LogP contribution in [0.1, 0.15) is 58.6 Å². The molecule has 15 nitrogen and oxygen atoms in total. The van der Waals surface area contributed by atoms with Crippen molar-refractivity contribution in [1.82, 2.24) is 25.9 Å². The number of hydrogen-bond acceptors (Lipinski definition) is 8. The molecule has 0 aliphatic heterocycles. The molecule has 50 heavy (non-hydrogen) atoms. The summed E-state index contributed by atoms with van der Waals surface area (Å²) in [5.74, 6) is 0.109. The Bertz CT molecular complexity index is 1670. The van der Waals surface area contributed by atoms with Crippen molar-refractivity contribution in [3.05, 3.63) is 71.9 Å². The zero-order valence-electron chi connectivity index (χ0n) is 28.8. The predicted octanol–water partition coefficient (Wildman–Crippen LogP) is 2.49. The van der Waals surface area contributed by atoms with E-state index in [0.29, 0.717) is 16.1 Å². The topological polar surface area (TPSA) is 233 Å². The number of ether oxygens (including phenoxy) is 1. The van der Waals surface area contributed by atoms with Crippen LogP contribution in [0.4, 0.5) is 4.79 Å². The number of rotatable bonds is 16. The number of fused-ring (bicyclic) bond motifs is 1. The van der Waals surface area contributed by atoms with Gasteiger partial charge in [0.05, 0.1) is 6.42 Å². The number of carboxylic acid groups (broad SMARTS) is 2. The number of carbonyl (C=O) groups is 6. The number of nitrogens with zero attached hydrogens (tertiary/aromatic N) is 1. The Kier molecular flexibility index (Phi) is 13.5. The van der Waals surface area contributed by atoms with Crippen molar-refractivity contribution in [2.24, 2.45) is 11.8 Å². The third-order valence-electron chi connectivity index (χ3n) is 7.59. The molecule has 0 radical (unpaired) electrons. The number of H-pyrrole nitrogens is 1. The lowest BCUT2D eigenvalue weighted by molar-refractivity contribution is -0.153. The van der Waals surface area contributed by atoms with E-state index in [9.17, 15) is 39.0 Å². The summed E-state index contributed by atoms with van der Waals surface area (Å²) >= 11 is 0. The van der Waals surface area contributed by atoms with Crippen LogP contribution >= 0.6 is 0 Å². The number of carbonyl (C=O) groups excluding carboxylic acids is 4. The minimum Gasteiger partial charge on any atom is -0.481 e. The molecule has 2 aromatic carbocycles. The average Bonchev–Trinajstić information content (AvgIpc) is 3.43. The number of hydrogen-bond donors (Lipinski definition) is 7. The highest BCUT2D eigenvalue weighted by Gasteiger charge is 2.36. The maximum absolute atomic E-state index is 13.8. The number of alkyl carbamates (subject to hydrolysis) is 1. The summed E-state index contributed by atoms with van der Waals surface area (Å²) in [4.78, 5) is 80.8. The van der Waals surface area contributed by atoms with Crippen LogP contribution in [0.15, 0.2) is 60.8 Å². The third kappa shape index (κ3) is 11.6. The fourth-order valence-electron chi connectivity index (χ4n) is 5.28. The van der Waals surface area contributed by atoms with Crippen molar-refractivity contribution in [2.75, 3.05) is 0 Å². The number of nitrogens with two attached hydrogens (primary N) is 1. The fraction of sp³-hybridized carbons (Fsp3) is 0.429. The molecule has 3 rings (SSSR count). The standard InChI is InChI=1S/C35H46N6O9/c1-20(2)15-25(30(44)39-27(18-29(42)43)32(46)41(36)28(33(47)48)16-21-11-7-6-8-12-21)38-31(45)26(40-34(49)50-35(3,4)5)17-22-19-37-24-14-10-9-13-23(22)24/h6-14,19-20,25-28,37H,15-18,36H2,1-5H3,(H,38,45)(H,39,44)(H,40,49)(H,42,43)(H,47,48)/t25-,26-,27-,28-/m0/s1. The van der Waals surface area contributed by atoms with Crippen molar-refractivity contribution < 1.29 is 43.7 Å². The highest BCUT2D eigenvalue weighted by Crippen LogP contribution is 2.20.